The van der Waals surface area contributed by atoms with Crippen molar-refractivity contribution in [2.24, 2.45) is 0 Å². The van der Waals surface area contributed by atoms with Crippen molar-refractivity contribution >= 4 is 12.2 Å². The molecule has 0 bridgehead atoms. The summed E-state index contributed by atoms with van der Waals surface area (Å²) in [4.78, 5) is 0. The quantitative estimate of drug-likeness (QED) is 0.647. The molecular weight excluding hydrogens is 204 g/mol. The standard InChI is InChI=1S/C17H16/c1-14-6-3-8-16(12-14)10-5-11-17-9-4-7-15(2)13-17/h3-4,6-13H,1-2H3. The number of rotatable bonds is 2. The van der Waals surface area contributed by atoms with Gasteiger partial charge in [0.1, 0.15) is 0 Å². The highest BCUT2D eigenvalue weighted by atomic mass is 13.9. The summed E-state index contributed by atoms with van der Waals surface area (Å²) in [6.45, 7) is 4.20. The summed E-state index contributed by atoms with van der Waals surface area (Å²) < 4.78 is 0. The maximum atomic E-state index is 3.22. The third-order valence-corrected chi connectivity index (χ3v) is 2.58. The van der Waals surface area contributed by atoms with Crippen LogP contribution in [0.1, 0.15) is 22.3 Å². The Kier molecular flexibility index (Phi) is 3.59. The minimum atomic E-state index is 1.19. The van der Waals surface area contributed by atoms with Gasteiger partial charge >= 0.3 is 0 Å². The van der Waals surface area contributed by atoms with Gasteiger partial charge in [-0.3, -0.25) is 0 Å². The molecule has 0 radical (unpaired) electrons. The van der Waals surface area contributed by atoms with E-state index in [1.54, 1.807) is 0 Å². The molecule has 84 valence electrons. The van der Waals surface area contributed by atoms with Gasteiger partial charge in [-0.2, -0.15) is 0 Å². The van der Waals surface area contributed by atoms with E-state index < -0.39 is 0 Å². The van der Waals surface area contributed by atoms with Crippen LogP contribution in [0.3, 0.4) is 0 Å². The second kappa shape index (κ2) is 5.34. The number of hydrogen-bond donors (Lipinski definition) is 0. The van der Waals surface area contributed by atoms with Crippen molar-refractivity contribution in [3.8, 4) is 0 Å². The van der Waals surface area contributed by atoms with E-state index in [2.05, 4.69) is 68.1 Å². The summed E-state index contributed by atoms with van der Waals surface area (Å²) in [5.41, 5.74) is 8.15. The number of benzene rings is 2. The summed E-state index contributed by atoms with van der Waals surface area (Å²) in [6, 6.07) is 16.8. The summed E-state index contributed by atoms with van der Waals surface area (Å²) in [6.07, 6.45) is 4.02. The van der Waals surface area contributed by atoms with Crippen molar-refractivity contribution in [2.45, 2.75) is 13.8 Å². The molecule has 0 saturated carbocycles. The highest BCUT2D eigenvalue weighted by Crippen LogP contribution is 2.07. The first-order chi connectivity index (χ1) is 8.24. The molecule has 0 aromatic heterocycles. The summed E-state index contributed by atoms with van der Waals surface area (Å²) in [5.74, 6) is 0. The monoisotopic (exact) mass is 220 g/mol. The maximum absolute atomic E-state index is 3.22. The molecule has 0 N–H and O–H groups in total. The molecule has 2 rings (SSSR count). The fourth-order valence-electron chi connectivity index (χ4n) is 1.75. The molecule has 0 atom stereocenters. The third-order valence-electron chi connectivity index (χ3n) is 2.58. The van der Waals surface area contributed by atoms with Gasteiger partial charge in [0.2, 0.25) is 0 Å². The lowest BCUT2D eigenvalue weighted by Crippen LogP contribution is -1.74. The summed E-state index contributed by atoms with van der Waals surface area (Å²) >= 11 is 0. The normalized spacial score (nSPS) is 9.53. The predicted octanol–water partition coefficient (Wildman–Crippen LogP) is 4.63. The van der Waals surface area contributed by atoms with E-state index in [0.29, 0.717) is 0 Å². The molecule has 0 fully saturated rings. The highest BCUT2D eigenvalue weighted by Gasteiger charge is 1.87. The van der Waals surface area contributed by atoms with Crippen LogP contribution in [0.2, 0.25) is 0 Å². The van der Waals surface area contributed by atoms with E-state index in [4.69, 9.17) is 0 Å². The van der Waals surface area contributed by atoms with E-state index in [0.717, 1.165) is 0 Å². The van der Waals surface area contributed by atoms with Crippen molar-refractivity contribution in [1.82, 2.24) is 0 Å². The van der Waals surface area contributed by atoms with Crippen LogP contribution >= 0.6 is 0 Å². The number of hydrogen-bond acceptors (Lipinski definition) is 0. The van der Waals surface area contributed by atoms with E-state index in [1.807, 2.05) is 12.2 Å². The lowest BCUT2D eigenvalue weighted by atomic mass is 10.1. The van der Waals surface area contributed by atoms with Gasteiger partial charge < -0.3 is 0 Å². The molecule has 0 unspecified atom stereocenters. The van der Waals surface area contributed by atoms with Crippen molar-refractivity contribution in [2.75, 3.05) is 0 Å². The maximum Gasteiger partial charge on any atom is -0.0127 e. The molecule has 17 heavy (non-hydrogen) atoms. The van der Waals surface area contributed by atoms with Gasteiger partial charge in [-0.25, -0.2) is 0 Å². The number of aryl methyl sites for hydroxylation is 2. The van der Waals surface area contributed by atoms with Crippen molar-refractivity contribution < 1.29 is 0 Å². The summed E-state index contributed by atoms with van der Waals surface area (Å²) in [5, 5.41) is 0. The fourth-order valence-corrected chi connectivity index (χ4v) is 1.75. The van der Waals surface area contributed by atoms with Crippen molar-refractivity contribution in [3.05, 3.63) is 76.5 Å². The van der Waals surface area contributed by atoms with Gasteiger partial charge in [0.15, 0.2) is 0 Å². The van der Waals surface area contributed by atoms with Gasteiger partial charge in [0.25, 0.3) is 0 Å². The molecule has 2 aromatic rings. The average Bonchev–Trinajstić information content (AvgIpc) is 2.29. The third kappa shape index (κ3) is 3.48. The first-order valence-corrected chi connectivity index (χ1v) is 5.80. The highest BCUT2D eigenvalue weighted by molar-refractivity contribution is 5.58. The van der Waals surface area contributed by atoms with E-state index in [9.17, 15) is 0 Å². The van der Waals surface area contributed by atoms with Gasteiger partial charge in [0, 0.05) is 0 Å². The lowest BCUT2D eigenvalue weighted by molar-refractivity contribution is 1.46. The SMILES string of the molecule is Cc1cccc(C=C=Cc2cccc(C)c2)c1. The van der Waals surface area contributed by atoms with Gasteiger partial charge in [-0.05, 0) is 37.1 Å². The Labute approximate surface area is 103 Å². The minimum Gasteiger partial charge on any atom is -0.120 e. The topological polar surface area (TPSA) is 0 Å². The smallest absolute Gasteiger partial charge is 0.0127 e. The van der Waals surface area contributed by atoms with Crippen molar-refractivity contribution in [3.63, 3.8) is 0 Å². The first-order valence-electron chi connectivity index (χ1n) is 5.80. The van der Waals surface area contributed by atoms with Crippen LogP contribution in [0.15, 0.2) is 54.3 Å². The van der Waals surface area contributed by atoms with Gasteiger partial charge in [-0.1, -0.05) is 59.7 Å². The molecule has 2 aromatic carbocycles. The minimum absolute atomic E-state index is 1.19. The Bertz CT molecular complexity index is 521. The largest absolute Gasteiger partial charge is 0.120 e. The van der Waals surface area contributed by atoms with Crippen molar-refractivity contribution in [1.29, 1.82) is 0 Å². The second-order valence-corrected chi connectivity index (χ2v) is 4.28. The molecule has 0 aliphatic rings. The van der Waals surface area contributed by atoms with E-state index in [-0.39, 0.29) is 0 Å². The lowest BCUT2D eigenvalue weighted by Gasteiger charge is -1.94. The summed E-state index contributed by atoms with van der Waals surface area (Å²) in [7, 11) is 0. The van der Waals surface area contributed by atoms with Gasteiger partial charge in [-0.15, -0.1) is 5.73 Å². The van der Waals surface area contributed by atoms with Gasteiger partial charge in [0.05, 0.1) is 0 Å². The molecule has 0 aliphatic heterocycles. The zero-order chi connectivity index (χ0) is 12.1. The van der Waals surface area contributed by atoms with E-state index in [1.165, 1.54) is 22.3 Å². The Balaban J connectivity index is 2.21. The van der Waals surface area contributed by atoms with Crippen LogP contribution in [0.5, 0.6) is 0 Å². The molecule has 0 nitrogen and oxygen atoms in total. The predicted molar refractivity (Wildman–Crippen MR) is 74.8 cm³/mol. The first kappa shape index (κ1) is 11.4. The molecule has 0 amide bonds. The van der Waals surface area contributed by atoms with Crippen LogP contribution in [0.25, 0.3) is 12.2 Å². The Morgan fingerprint density at radius 3 is 1.65 bits per heavy atom. The molecule has 0 saturated heterocycles. The Morgan fingerprint density at radius 2 is 1.24 bits per heavy atom. The molecular formula is C17H16. The Hall–Kier alpha value is -2.04. The van der Waals surface area contributed by atoms with E-state index >= 15 is 0 Å². The second-order valence-electron chi connectivity index (χ2n) is 4.28. The molecule has 0 spiro atoms. The zero-order valence-electron chi connectivity index (χ0n) is 10.3. The molecule has 0 heterocycles. The van der Waals surface area contributed by atoms with Crippen LogP contribution in [-0.2, 0) is 0 Å². The van der Waals surface area contributed by atoms with Crippen LogP contribution in [0.4, 0.5) is 0 Å². The average molecular weight is 220 g/mol. The zero-order valence-corrected chi connectivity index (χ0v) is 10.3. The fraction of sp³-hybridized carbons (Fsp3) is 0.118. The van der Waals surface area contributed by atoms with Crippen LogP contribution in [-0.4, -0.2) is 0 Å². The Morgan fingerprint density at radius 1 is 0.765 bits per heavy atom. The molecule has 0 aliphatic carbocycles. The van der Waals surface area contributed by atoms with Crippen LogP contribution in [0, 0.1) is 13.8 Å². The van der Waals surface area contributed by atoms with Crippen LogP contribution < -0.4 is 0 Å². The molecule has 0 heteroatoms.